The number of carbonyl (C=O) groups excluding carboxylic acids is 1. The average Bonchev–Trinajstić information content (AvgIpc) is 2.48. The summed E-state index contributed by atoms with van der Waals surface area (Å²) in [5.41, 5.74) is 0. The van der Waals surface area contributed by atoms with Crippen molar-refractivity contribution in [3.63, 3.8) is 0 Å². The molecule has 0 aliphatic carbocycles. The molecule has 2 unspecified atom stereocenters. The molecule has 3 N–H and O–H groups in total. The first-order chi connectivity index (χ1) is 10.1. The third-order valence-electron chi connectivity index (χ3n) is 3.44. The SMILES string of the molecule is CCCCC(CC)COCC(O)CNCC(=O)NCCC. The van der Waals surface area contributed by atoms with Crippen LogP contribution in [0.4, 0.5) is 0 Å². The van der Waals surface area contributed by atoms with E-state index in [2.05, 4.69) is 24.5 Å². The van der Waals surface area contributed by atoms with Crippen molar-refractivity contribution in [2.24, 2.45) is 5.92 Å². The van der Waals surface area contributed by atoms with Crippen LogP contribution in [0.25, 0.3) is 0 Å². The molecule has 0 bridgehead atoms. The third kappa shape index (κ3) is 12.8. The molecular weight excluding hydrogens is 268 g/mol. The lowest BCUT2D eigenvalue weighted by molar-refractivity contribution is -0.120. The van der Waals surface area contributed by atoms with E-state index in [4.69, 9.17) is 4.74 Å². The second-order valence-electron chi connectivity index (χ2n) is 5.59. The highest BCUT2D eigenvalue weighted by Crippen LogP contribution is 2.12. The number of carbonyl (C=O) groups is 1. The maximum atomic E-state index is 11.3. The fourth-order valence-corrected chi connectivity index (χ4v) is 2.01. The molecule has 0 radical (unpaired) electrons. The lowest BCUT2D eigenvalue weighted by atomic mass is 10.0. The van der Waals surface area contributed by atoms with Crippen LogP contribution in [0.3, 0.4) is 0 Å². The fourth-order valence-electron chi connectivity index (χ4n) is 2.01. The third-order valence-corrected chi connectivity index (χ3v) is 3.44. The summed E-state index contributed by atoms with van der Waals surface area (Å²) in [6.45, 7) is 8.74. The Morgan fingerprint density at radius 2 is 1.95 bits per heavy atom. The molecule has 5 nitrogen and oxygen atoms in total. The van der Waals surface area contributed by atoms with Crippen LogP contribution in [0.2, 0.25) is 0 Å². The van der Waals surface area contributed by atoms with Crippen LogP contribution in [-0.4, -0.2) is 50.0 Å². The Kier molecular flexibility index (Phi) is 13.9. The van der Waals surface area contributed by atoms with E-state index in [1.165, 1.54) is 19.3 Å². The summed E-state index contributed by atoms with van der Waals surface area (Å²) in [6, 6.07) is 0. The molecular formula is C16H34N2O3. The summed E-state index contributed by atoms with van der Waals surface area (Å²) in [4.78, 5) is 11.3. The largest absolute Gasteiger partial charge is 0.389 e. The lowest BCUT2D eigenvalue weighted by Crippen LogP contribution is -2.38. The molecule has 0 spiro atoms. The zero-order valence-electron chi connectivity index (χ0n) is 14.0. The van der Waals surface area contributed by atoms with Gasteiger partial charge >= 0.3 is 0 Å². The van der Waals surface area contributed by atoms with Crippen molar-refractivity contribution in [1.29, 1.82) is 0 Å². The Hall–Kier alpha value is -0.650. The van der Waals surface area contributed by atoms with E-state index in [1.807, 2.05) is 6.92 Å². The molecule has 0 saturated heterocycles. The van der Waals surface area contributed by atoms with E-state index in [-0.39, 0.29) is 12.5 Å². The van der Waals surface area contributed by atoms with Gasteiger partial charge in [-0.15, -0.1) is 0 Å². The molecule has 0 aromatic carbocycles. The highest BCUT2D eigenvalue weighted by atomic mass is 16.5. The molecule has 0 aliphatic heterocycles. The Morgan fingerprint density at radius 3 is 2.57 bits per heavy atom. The van der Waals surface area contributed by atoms with E-state index in [1.54, 1.807) is 0 Å². The van der Waals surface area contributed by atoms with Gasteiger partial charge in [0.05, 0.1) is 19.3 Å². The fraction of sp³-hybridized carbons (Fsp3) is 0.938. The van der Waals surface area contributed by atoms with Crippen molar-refractivity contribution in [3.8, 4) is 0 Å². The van der Waals surface area contributed by atoms with Gasteiger partial charge in [0.15, 0.2) is 0 Å². The molecule has 0 fully saturated rings. The molecule has 0 heterocycles. The number of aliphatic hydroxyl groups is 1. The quantitative estimate of drug-likeness (QED) is 0.457. The van der Waals surface area contributed by atoms with Crippen molar-refractivity contribution >= 4 is 5.91 Å². The van der Waals surface area contributed by atoms with Crippen molar-refractivity contribution in [2.75, 3.05) is 32.8 Å². The van der Waals surface area contributed by atoms with Crippen LogP contribution in [-0.2, 0) is 9.53 Å². The highest BCUT2D eigenvalue weighted by Gasteiger charge is 2.09. The van der Waals surface area contributed by atoms with Gasteiger partial charge in [-0.05, 0) is 18.8 Å². The van der Waals surface area contributed by atoms with Gasteiger partial charge < -0.3 is 20.5 Å². The van der Waals surface area contributed by atoms with Crippen molar-refractivity contribution in [2.45, 2.75) is 59.0 Å². The topological polar surface area (TPSA) is 70.6 Å². The molecule has 0 aliphatic rings. The number of nitrogens with one attached hydrogen (secondary N) is 2. The molecule has 5 heteroatoms. The highest BCUT2D eigenvalue weighted by molar-refractivity contribution is 5.77. The molecule has 0 saturated carbocycles. The Labute approximate surface area is 129 Å². The van der Waals surface area contributed by atoms with Crippen LogP contribution in [0.1, 0.15) is 52.9 Å². The van der Waals surface area contributed by atoms with Gasteiger partial charge in [-0.3, -0.25) is 4.79 Å². The van der Waals surface area contributed by atoms with Crippen LogP contribution >= 0.6 is 0 Å². The Morgan fingerprint density at radius 1 is 1.19 bits per heavy atom. The summed E-state index contributed by atoms with van der Waals surface area (Å²) in [7, 11) is 0. The van der Waals surface area contributed by atoms with E-state index >= 15 is 0 Å². The first-order valence-corrected chi connectivity index (χ1v) is 8.37. The minimum absolute atomic E-state index is 0.0319. The van der Waals surface area contributed by atoms with Crippen LogP contribution in [0.15, 0.2) is 0 Å². The minimum atomic E-state index is -0.562. The standard InChI is InChI=1S/C16H34N2O3/c1-4-7-8-14(6-3)12-21-13-15(19)10-17-11-16(20)18-9-5-2/h14-15,17,19H,4-13H2,1-3H3,(H,18,20). The van der Waals surface area contributed by atoms with Crippen molar-refractivity contribution in [3.05, 3.63) is 0 Å². The number of ether oxygens (including phenoxy) is 1. The van der Waals surface area contributed by atoms with E-state index in [0.717, 1.165) is 12.8 Å². The lowest BCUT2D eigenvalue weighted by Gasteiger charge is -2.17. The van der Waals surface area contributed by atoms with E-state index < -0.39 is 6.10 Å². The van der Waals surface area contributed by atoms with E-state index in [9.17, 15) is 9.90 Å². The maximum Gasteiger partial charge on any atom is 0.233 e. The molecule has 2 atom stereocenters. The maximum absolute atomic E-state index is 11.3. The number of hydrogen-bond donors (Lipinski definition) is 3. The van der Waals surface area contributed by atoms with Gasteiger partial charge in [0.1, 0.15) is 0 Å². The van der Waals surface area contributed by atoms with Crippen LogP contribution in [0.5, 0.6) is 0 Å². The van der Waals surface area contributed by atoms with Gasteiger partial charge in [-0.2, -0.15) is 0 Å². The summed E-state index contributed by atoms with van der Waals surface area (Å²) in [5, 5.41) is 15.5. The Balaban J connectivity index is 3.56. The molecule has 0 aromatic rings. The molecule has 0 aromatic heterocycles. The first kappa shape index (κ1) is 20.3. The summed E-state index contributed by atoms with van der Waals surface area (Å²) in [6.07, 6.45) is 5.12. The van der Waals surface area contributed by atoms with Gasteiger partial charge in [0.25, 0.3) is 0 Å². The van der Waals surface area contributed by atoms with Crippen LogP contribution in [0, 0.1) is 5.92 Å². The monoisotopic (exact) mass is 302 g/mol. The van der Waals surface area contributed by atoms with Crippen LogP contribution < -0.4 is 10.6 Å². The predicted octanol–water partition coefficient (Wildman–Crippen LogP) is 1.70. The summed E-state index contributed by atoms with van der Waals surface area (Å²) >= 11 is 0. The molecule has 0 rings (SSSR count). The number of unbranched alkanes of at least 4 members (excludes halogenated alkanes) is 1. The number of amides is 1. The second-order valence-corrected chi connectivity index (χ2v) is 5.59. The van der Waals surface area contributed by atoms with Crippen molar-refractivity contribution in [1.82, 2.24) is 10.6 Å². The number of aliphatic hydroxyl groups excluding tert-OH is 1. The number of hydrogen-bond acceptors (Lipinski definition) is 4. The average molecular weight is 302 g/mol. The molecule has 21 heavy (non-hydrogen) atoms. The zero-order valence-corrected chi connectivity index (χ0v) is 14.0. The van der Waals surface area contributed by atoms with E-state index in [0.29, 0.717) is 32.2 Å². The van der Waals surface area contributed by atoms with Gasteiger partial charge in [-0.1, -0.05) is 40.0 Å². The molecule has 126 valence electrons. The second kappa shape index (κ2) is 14.3. The smallest absolute Gasteiger partial charge is 0.233 e. The zero-order chi connectivity index (χ0) is 15.9. The predicted molar refractivity (Wildman–Crippen MR) is 86.3 cm³/mol. The normalized spacial score (nSPS) is 13.9. The molecule has 1 amide bonds. The summed E-state index contributed by atoms with van der Waals surface area (Å²) < 4.78 is 5.58. The summed E-state index contributed by atoms with van der Waals surface area (Å²) in [5.74, 6) is 0.556. The van der Waals surface area contributed by atoms with Gasteiger partial charge in [-0.25, -0.2) is 0 Å². The van der Waals surface area contributed by atoms with Gasteiger partial charge in [0, 0.05) is 19.7 Å². The Bertz CT molecular complexity index is 250. The van der Waals surface area contributed by atoms with Crippen molar-refractivity contribution < 1.29 is 14.6 Å². The van der Waals surface area contributed by atoms with Gasteiger partial charge in [0.2, 0.25) is 5.91 Å². The number of rotatable bonds is 14. The minimum Gasteiger partial charge on any atom is -0.389 e. The first-order valence-electron chi connectivity index (χ1n) is 8.37.